The van der Waals surface area contributed by atoms with Gasteiger partial charge >= 0.3 is 0 Å². The molecule has 0 saturated heterocycles. The molecule has 20 heavy (non-hydrogen) atoms. The van der Waals surface area contributed by atoms with Crippen LogP contribution in [0.4, 0.5) is 11.5 Å². The predicted molar refractivity (Wildman–Crippen MR) is 72.2 cm³/mol. The predicted octanol–water partition coefficient (Wildman–Crippen LogP) is 2.08. The molecule has 106 valence electrons. The van der Waals surface area contributed by atoms with Crippen LogP contribution < -0.4 is 4.72 Å². The molecule has 8 nitrogen and oxygen atoms in total. The number of nitro groups is 1. The number of H-pyrrole nitrogens is 1. The summed E-state index contributed by atoms with van der Waals surface area (Å²) in [4.78, 5) is 9.75. The minimum absolute atomic E-state index is 0.133. The molecule has 0 aliphatic heterocycles. The van der Waals surface area contributed by atoms with Crippen molar-refractivity contribution in [3.05, 3.63) is 45.1 Å². The third-order valence-electron chi connectivity index (χ3n) is 2.49. The largest absolute Gasteiger partial charge is 0.289 e. The quantitative estimate of drug-likeness (QED) is 0.661. The van der Waals surface area contributed by atoms with Crippen molar-refractivity contribution in [2.24, 2.45) is 0 Å². The summed E-state index contributed by atoms with van der Waals surface area (Å²) in [5.74, 6) is 0.197. The molecule has 0 aliphatic rings. The summed E-state index contributed by atoms with van der Waals surface area (Å²) >= 11 is 5.64. The van der Waals surface area contributed by atoms with E-state index in [0.717, 1.165) is 12.1 Å². The highest BCUT2D eigenvalue weighted by molar-refractivity contribution is 7.92. The molecule has 2 N–H and O–H groups in total. The van der Waals surface area contributed by atoms with Crippen molar-refractivity contribution >= 4 is 33.1 Å². The van der Waals surface area contributed by atoms with E-state index in [2.05, 4.69) is 14.9 Å². The zero-order valence-electron chi connectivity index (χ0n) is 10.1. The number of hydrogen-bond donors (Lipinski definition) is 2. The van der Waals surface area contributed by atoms with Crippen LogP contribution in [-0.4, -0.2) is 23.5 Å². The van der Waals surface area contributed by atoms with Gasteiger partial charge in [-0.2, -0.15) is 5.10 Å². The molecule has 1 aromatic carbocycles. The number of nitrogens with one attached hydrogen (secondary N) is 2. The number of rotatable bonds is 4. The lowest BCUT2D eigenvalue weighted by atomic mass is 10.3. The number of halogens is 1. The molecule has 0 saturated carbocycles. The van der Waals surface area contributed by atoms with Gasteiger partial charge in [-0.05, 0) is 19.1 Å². The number of anilines is 1. The second-order valence-electron chi connectivity index (χ2n) is 3.90. The normalized spacial score (nSPS) is 11.3. The topological polar surface area (TPSA) is 118 Å². The summed E-state index contributed by atoms with van der Waals surface area (Å²) in [7, 11) is -3.96. The molecular weight excluding hydrogens is 308 g/mol. The Balaban J connectivity index is 2.42. The molecule has 0 fully saturated rings. The molecule has 0 atom stereocenters. The summed E-state index contributed by atoms with van der Waals surface area (Å²) in [6, 6.07) is 3.24. The minimum atomic E-state index is -3.96. The number of aromatic nitrogens is 2. The second kappa shape index (κ2) is 5.10. The monoisotopic (exact) mass is 316 g/mol. The fourth-order valence-electron chi connectivity index (χ4n) is 1.44. The molecule has 10 heteroatoms. The van der Waals surface area contributed by atoms with Crippen LogP contribution in [0, 0.1) is 17.0 Å². The Bertz CT molecular complexity index is 771. The van der Waals surface area contributed by atoms with Crippen LogP contribution in [0.5, 0.6) is 0 Å². The average molecular weight is 317 g/mol. The molecule has 0 spiro atoms. The van der Waals surface area contributed by atoms with Gasteiger partial charge in [0.05, 0.1) is 16.0 Å². The van der Waals surface area contributed by atoms with Crippen molar-refractivity contribution in [2.45, 2.75) is 11.8 Å². The lowest BCUT2D eigenvalue weighted by molar-refractivity contribution is -0.384. The molecule has 1 aromatic heterocycles. The lowest BCUT2D eigenvalue weighted by Crippen LogP contribution is -2.14. The zero-order valence-corrected chi connectivity index (χ0v) is 11.7. The van der Waals surface area contributed by atoms with Gasteiger partial charge in [-0.3, -0.25) is 19.9 Å². The van der Waals surface area contributed by atoms with Gasteiger partial charge < -0.3 is 0 Å². The smallest absolute Gasteiger partial charge is 0.264 e. The van der Waals surface area contributed by atoms with Gasteiger partial charge in [-0.25, -0.2) is 8.42 Å². The molecule has 0 unspecified atom stereocenters. The van der Waals surface area contributed by atoms with E-state index in [4.69, 9.17) is 11.6 Å². The van der Waals surface area contributed by atoms with E-state index in [1.54, 1.807) is 6.92 Å². The van der Waals surface area contributed by atoms with Gasteiger partial charge in [-0.1, -0.05) is 11.6 Å². The van der Waals surface area contributed by atoms with Crippen LogP contribution in [0.25, 0.3) is 0 Å². The van der Waals surface area contributed by atoms with Gasteiger partial charge in [0.2, 0.25) is 0 Å². The Morgan fingerprint density at radius 1 is 1.45 bits per heavy atom. The van der Waals surface area contributed by atoms with E-state index in [-0.39, 0.29) is 15.7 Å². The molecule has 1 heterocycles. The summed E-state index contributed by atoms with van der Waals surface area (Å²) in [5.41, 5.74) is 0.118. The van der Waals surface area contributed by atoms with E-state index in [1.807, 2.05) is 0 Å². The van der Waals surface area contributed by atoms with E-state index in [1.165, 1.54) is 12.3 Å². The van der Waals surface area contributed by atoms with Crippen molar-refractivity contribution < 1.29 is 13.3 Å². The van der Waals surface area contributed by atoms with Crippen molar-refractivity contribution in [1.82, 2.24) is 10.2 Å². The highest BCUT2D eigenvalue weighted by Gasteiger charge is 2.21. The number of aryl methyl sites for hydroxylation is 1. The first-order valence-electron chi connectivity index (χ1n) is 5.28. The van der Waals surface area contributed by atoms with Crippen LogP contribution in [0.1, 0.15) is 5.56 Å². The molecule has 0 bridgehead atoms. The Kier molecular flexibility index (Phi) is 3.64. The summed E-state index contributed by atoms with van der Waals surface area (Å²) in [6.07, 6.45) is 1.45. The molecule has 2 rings (SSSR count). The molecule has 0 aliphatic carbocycles. The number of benzene rings is 1. The van der Waals surface area contributed by atoms with E-state index < -0.39 is 20.6 Å². The lowest BCUT2D eigenvalue weighted by Gasteiger charge is -2.07. The second-order valence-corrected chi connectivity index (χ2v) is 5.99. The highest BCUT2D eigenvalue weighted by atomic mass is 35.5. The van der Waals surface area contributed by atoms with Crippen LogP contribution in [0.15, 0.2) is 29.3 Å². The van der Waals surface area contributed by atoms with E-state index in [9.17, 15) is 18.5 Å². The molecule has 2 aromatic rings. The standard InChI is InChI=1S/C10H9ClN4O4S/c1-6-5-12-13-10(6)14-20(18,19)7-2-3-8(11)9(4-7)15(16)17/h2-5H,1H3,(H2,12,13,14). The van der Waals surface area contributed by atoms with E-state index in [0.29, 0.717) is 5.56 Å². The highest BCUT2D eigenvalue weighted by Crippen LogP contribution is 2.28. The third kappa shape index (κ3) is 2.73. The number of aromatic amines is 1. The Hall–Kier alpha value is -2.13. The first-order valence-corrected chi connectivity index (χ1v) is 7.14. The van der Waals surface area contributed by atoms with Crippen LogP contribution in [-0.2, 0) is 10.0 Å². The number of sulfonamides is 1. The number of hydrogen-bond acceptors (Lipinski definition) is 5. The maximum absolute atomic E-state index is 12.1. The van der Waals surface area contributed by atoms with Gasteiger partial charge in [0.1, 0.15) is 10.8 Å². The summed E-state index contributed by atoms with van der Waals surface area (Å²) < 4.78 is 26.5. The minimum Gasteiger partial charge on any atom is -0.264 e. The first-order chi connectivity index (χ1) is 9.31. The van der Waals surface area contributed by atoms with Crippen LogP contribution >= 0.6 is 11.6 Å². The fourth-order valence-corrected chi connectivity index (χ4v) is 2.74. The SMILES string of the molecule is Cc1cn[nH]c1NS(=O)(=O)c1ccc(Cl)c([N+](=O)[O-])c1. The average Bonchev–Trinajstić information content (AvgIpc) is 2.74. The van der Waals surface area contributed by atoms with Crippen molar-refractivity contribution in [3.8, 4) is 0 Å². The Labute approximate surface area is 119 Å². The van der Waals surface area contributed by atoms with Crippen LogP contribution in [0.2, 0.25) is 5.02 Å². The maximum Gasteiger partial charge on any atom is 0.289 e. The fraction of sp³-hybridized carbons (Fsp3) is 0.100. The Morgan fingerprint density at radius 2 is 2.15 bits per heavy atom. The van der Waals surface area contributed by atoms with Crippen molar-refractivity contribution in [1.29, 1.82) is 0 Å². The van der Waals surface area contributed by atoms with Gasteiger partial charge in [0.25, 0.3) is 15.7 Å². The van der Waals surface area contributed by atoms with Crippen LogP contribution in [0.3, 0.4) is 0 Å². The maximum atomic E-state index is 12.1. The summed E-state index contributed by atoms with van der Waals surface area (Å²) in [5, 5.41) is 16.8. The van der Waals surface area contributed by atoms with Gasteiger partial charge in [0, 0.05) is 11.6 Å². The van der Waals surface area contributed by atoms with Gasteiger partial charge in [0.15, 0.2) is 0 Å². The molecular formula is C10H9ClN4O4S. The number of nitrogens with zero attached hydrogens (tertiary/aromatic N) is 2. The first kappa shape index (κ1) is 14.3. The van der Waals surface area contributed by atoms with Crippen molar-refractivity contribution in [2.75, 3.05) is 4.72 Å². The number of nitro benzene ring substituents is 1. The summed E-state index contributed by atoms with van der Waals surface area (Å²) in [6.45, 7) is 1.66. The molecule has 0 radical (unpaired) electrons. The zero-order chi connectivity index (χ0) is 14.9. The third-order valence-corrected chi connectivity index (χ3v) is 4.16. The Morgan fingerprint density at radius 3 is 2.70 bits per heavy atom. The van der Waals surface area contributed by atoms with Gasteiger partial charge in [-0.15, -0.1) is 0 Å². The van der Waals surface area contributed by atoms with Crippen molar-refractivity contribution in [3.63, 3.8) is 0 Å². The van der Waals surface area contributed by atoms with E-state index >= 15 is 0 Å². The molecule has 0 amide bonds.